The lowest BCUT2D eigenvalue weighted by Crippen LogP contribution is -2.53. The van der Waals surface area contributed by atoms with Gasteiger partial charge in [-0.1, -0.05) is 53.0 Å². The summed E-state index contributed by atoms with van der Waals surface area (Å²) in [4.78, 5) is 25.2. The van der Waals surface area contributed by atoms with E-state index in [0.29, 0.717) is 12.8 Å². The third-order valence-electron chi connectivity index (χ3n) is 3.13. The van der Waals surface area contributed by atoms with Crippen molar-refractivity contribution in [2.45, 2.75) is 22.6 Å². The smallest absolute Gasteiger partial charge is 0.497 e. The maximum absolute atomic E-state index is 12.1. The number of carbonyl (C=O) groups excluding carboxylic acids is 2. The summed E-state index contributed by atoms with van der Waals surface area (Å²) in [6, 6.07) is 0. The van der Waals surface area contributed by atoms with E-state index in [2.05, 4.69) is 15.5 Å². The van der Waals surface area contributed by atoms with Crippen molar-refractivity contribution in [2.24, 2.45) is 0 Å². The van der Waals surface area contributed by atoms with Gasteiger partial charge >= 0.3 is 29.4 Å². The minimum absolute atomic E-state index is 0.172. The van der Waals surface area contributed by atoms with E-state index in [1.807, 2.05) is 0 Å². The standard InChI is InChI=1S/C14H20BCl3N2O7S/c1-3-4-5-6-7-11(19-28(23,24)25-10-14(16,17)18)15-26-12(21)8-20(2)9-13(22)27-15/h3,6-7,11,19H,1,4-5,8-10H2,2H3/b7-6+. The van der Waals surface area contributed by atoms with Crippen LogP contribution in [-0.4, -0.2) is 68.9 Å². The fraction of sp³-hybridized carbons (Fsp3) is 0.571. The molecule has 0 aromatic rings. The summed E-state index contributed by atoms with van der Waals surface area (Å²) >= 11 is 16.4. The average Bonchev–Trinajstić information content (AvgIpc) is 2.53. The van der Waals surface area contributed by atoms with Gasteiger partial charge in [0.05, 0.1) is 13.1 Å². The molecule has 1 heterocycles. The number of nitrogens with zero attached hydrogens (tertiary/aromatic N) is 1. The molecule has 1 N–H and O–H groups in total. The van der Waals surface area contributed by atoms with Crippen LogP contribution in [0.2, 0.25) is 0 Å². The molecule has 14 heteroatoms. The molecule has 0 bridgehead atoms. The van der Waals surface area contributed by atoms with Crippen LogP contribution in [0.1, 0.15) is 12.8 Å². The molecule has 158 valence electrons. The van der Waals surface area contributed by atoms with Gasteiger partial charge < -0.3 is 9.31 Å². The van der Waals surface area contributed by atoms with Crippen molar-refractivity contribution < 1.29 is 31.5 Å². The third-order valence-corrected chi connectivity index (χ3v) is 4.44. The van der Waals surface area contributed by atoms with E-state index < -0.39 is 45.7 Å². The van der Waals surface area contributed by atoms with E-state index >= 15 is 0 Å². The Bertz CT molecular complexity index is 680. The number of hydrogen-bond acceptors (Lipinski definition) is 8. The van der Waals surface area contributed by atoms with Crippen LogP contribution in [-0.2, 0) is 33.4 Å². The third kappa shape index (κ3) is 10.7. The van der Waals surface area contributed by atoms with Gasteiger partial charge in [-0.15, -0.1) is 6.58 Å². The van der Waals surface area contributed by atoms with Crippen LogP contribution in [0.5, 0.6) is 0 Å². The lowest BCUT2D eigenvalue weighted by atomic mass is 9.78. The van der Waals surface area contributed by atoms with Crippen LogP contribution in [0.15, 0.2) is 24.8 Å². The predicted octanol–water partition coefficient (Wildman–Crippen LogP) is 1.16. The van der Waals surface area contributed by atoms with Crippen molar-refractivity contribution in [3.8, 4) is 0 Å². The quantitative estimate of drug-likeness (QED) is 0.228. The van der Waals surface area contributed by atoms with Crippen LogP contribution in [0.4, 0.5) is 0 Å². The molecule has 1 fully saturated rings. The minimum atomic E-state index is -4.44. The number of nitrogens with one attached hydrogen (secondary N) is 1. The van der Waals surface area contributed by atoms with Crippen molar-refractivity contribution in [3.63, 3.8) is 0 Å². The maximum atomic E-state index is 12.1. The molecule has 0 aliphatic carbocycles. The zero-order chi connectivity index (χ0) is 21.4. The molecule has 1 saturated heterocycles. The van der Waals surface area contributed by atoms with E-state index in [1.54, 1.807) is 12.2 Å². The first-order valence-corrected chi connectivity index (χ1v) is 10.5. The van der Waals surface area contributed by atoms with Gasteiger partial charge in [0, 0.05) is 0 Å². The molecule has 1 rings (SSSR count). The highest BCUT2D eigenvalue weighted by atomic mass is 35.6. The molecule has 0 saturated carbocycles. The molecule has 1 atom stereocenters. The van der Waals surface area contributed by atoms with E-state index in [4.69, 9.17) is 44.1 Å². The van der Waals surface area contributed by atoms with Crippen LogP contribution >= 0.6 is 34.8 Å². The Hall–Kier alpha value is -0.815. The van der Waals surface area contributed by atoms with Gasteiger partial charge in [-0.25, -0.2) is 0 Å². The number of unbranched alkanes of at least 4 members (excludes halogenated alkanes) is 1. The number of allylic oxidation sites excluding steroid dienone is 2. The summed E-state index contributed by atoms with van der Waals surface area (Å²) in [5.41, 5.74) is 0. The first-order chi connectivity index (χ1) is 12.9. The molecule has 0 aromatic heterocycles. The lowest BCUT2D eigenvalue weighted by Gasteiger charge is -2.26. The number of halogens is 3. The van der Waals surface area contributed by atoms with Crippen molar-refractivity contribution in [1.29, 1.82) is 0 Å². The van der Waals surface area contributed by atoms with Gasteiger partial charge in [-0.2, -0.15) is 13.1 Å². The molecule has 0 radical (unpaired) electrons. The first kappa shape index (κ1) is 25.2. The molecule has 1 aliphatic heterocycles. The average molecular weight is 478 g/mol. The molecule has 1 aliphatic rings. The minimum Gasteiger partial charge on any atom is -0.497 e. The number of likely N-dealkylation sites (N-methyl/N-ethyl adjacent to an activating group) is 1. The molecule has 0 amide bonds. The summed E-state index contributed by atoms with van der Waals surface area (Å²) in [6.07, 6.45) is 5.79. The largest absolute Gasteiger partial charge is 0.622 e. The van der Waals surface area contributed by atoms with Crippen LogP contribution in [0, 0.1) is 0 Å². The van der Waals surface area contributed by atoms with Crippen LogP contribution in [0.3, 0.4) is 0 Å². The molecular weight excluding hydrogens is 457 g/mol. The van der Waals surface area contributed by atoms with E-state index in [0.717, 1.165) is 0 Å². The Balaban J connectivity index is 2.99. The second-order valence-corrected chi connectivity index (χ2v) is 9.69. The summed E-state index contributed by atoms with van der Waals surface area (Å²) < 4.78 is 39.2. The van der Waals surface area contributed by atoms with E-state index in [1.165, 1.54) is 18.0 Å². The highest BCUT2D eigenvalue weighted by Gasteiger charge is 2.41. The Morgan fingerprint density at radius 1 is 1.29 bits per heavy atom. The van der Waals surface area contributed by atoms with Crippen molar-refractivity contribution in [2.75, 3.05) is 26.7 Å². The second kappa shape index (κ2) is 11.4. The molecular formula is C14H20BCl3N2O7S. The van der Waals surface area contributed by atoms with Crippen LogP contribution < -0.4 is 4.72 Å². The van der Waals surface area contributed by atoms with Crippen molar-refractivity contribution in [1.82, 2.24) is 9.62 Å². The highest BCUT2D eigenvalue weighted by Crippen LogP contribution is 2.26. The first-order valence-electron chi connectivity index (χ1n) is 8.00. The maximum Gasteiger partial charge on any atom is 0.622 e. The molecule has 0 aromatic carbocycles. The Morgan fingerprint density at radius 3 is 2.36 bits per heavy atom. The zero-order valence-electron chi connectivity index (χ0n) is 15.0. The fourth-order valence-corrected chi connectivity index (χ4v) is 3.27. The molecule has 0 spiro atoms. The molecule has 9 nitrogen and oxygen atoms in total. The van der Waals surface area contributed by atoms with E-state index in [9.17, 15) is 18.0 Å². The van der Waals surface area contributed by atoms with E-state index in [-0.39, 0.29) is 13.1 Å². The summed E-state index contributed by atoms with van der Waals surface area (Å²) in [6.45, 7) is 2.48. The summed E-state index contributed by atoms with van der Waals surface area (Å²) in [5.74, 6) is -2.67. The zero-order valence-corrected chi connectivity index (χ0v) is 18.1. The monoisotopic (exact) mass is 476 g/mol. The predicted molar refractivity (Wildman–Crippen MR) is 106 cm³/mol. The number of rotatable bonds is 9. The number of hydrogen-bond donors (Lipinski definition) is 1. The van der Waals surface area contributed by atoms with Gasteiger partial charge in [-0.05, 0) is 19.9 Å². The number of alkyl halides is 3. The molecule has 28 heavy (non-hydrogen) atoms. The topological polar surface area (TPSA) is 111 Å². The van der Waals surface area contributed by atoms with Gasteiger partial charge in [0.25, 0.3) is 0 Å². The lowest BCUT2D eigenvalue weighted by molar-refractivity contribution is -0.145. The highest BCUT2D eigenvalue weighted by molar-refractivity contribution is 7.84. The van der Waals surface area contributed by atoms with Gasteiger partial charge in [0.1, 0.15) is 12.5 Å². The molecule has 1 unspecified atom stereocenters. The second-order valence-electron chi connectivity index (χ2n) is 5.79. The summed E-state index contributed by atoms with van der Waals surface area (Å²) in [7, 11) is -4.45. The summed E-state index contributed by atoms with van der Waals surface area (Å²) in [5, 5.41) is 0. The Morgan fingerprint density at radius 2 is 1.86 bits per heavy atom. The Labute approximate surface area is 179 Å². The van der Waals surface area contributed by atoms with Crippen molar-refractivity contribution >= 4 is 64.2 Å². The van der Waals surface area contributed by atoms with Crippen molar-refractivity contribution in [3.05, 3.63) is 24.8 Å². The van der Waals surface area contributed by atoms with Gasteiger partial charge in [0.2, 0.25) is 3.79 Å². The fourth-order valence-electron chi connectivity index (χ4n) is 1.99. The Kier molecular flexibility index (Phi) is 10.3. The normalized spacial score (nSPS) is 18.4. The van der Waals surface area contributed by atoms with Gasteiger partial charge in [-0.3, -0.25) is 18.7 Å². The number of carbonyl (C=O) groups is 2. The van der Waals surface area contributed by atoms with Crippen LogP contribution in [0.25, 0.3) is 0 Å². The SMILES string of the molecule is C=CCC/C=C/C(NS(=O)(=O)OCC(Cl)(Cl)Cl)B1OC(=O)CN(C)CC(=O)O1. The van der Waals surface area contributed by atoms with Gasteiger partial charge in [0.15, 0.2) is 0 Å².